The highest BCUT2D eigenvalue weighted by Gasteiger charge is 2.26. The van der Waals surface area contributed by atoms with Gasteiger partial charge in [-0.25, -0.2) is 29.8 Å². The molecule has 0 bridgehead atoms. The number of fused-ring (bicyclic) bond motifs is 18. The van der Waals surface area contributed by atoms with Gasteiger partial charge in [0.05, 0.1) is 142 Å². The summed E-state index contributed by atoms with van der Waals surface area (Å²) in [5.41, 5.74) is 26.4. The summed E-state index contributed by atoms with van der Waals surface area (Å²) in [7, 11) is 0. The first kappa shape index (κ1) is 83.4. The number of aromatic nitrogens is 11. The van der Waals surface area contributed by atoms with E-state index in [0.717, 1.165) is 184 Å². The largest absolute Gasteiger partial charge is 0.294 e. The van der Waals surface area contributed by atoms with Gasteiger partial charge in [0.25, 0.3) is 0 Å². The molecule has 0 saturated heterocycles. The predicted molar refractivity (Wildman–Crippen MR) is 572 cm³/mol. The van der Waals surface area contributed by atoms with Crippen LogP contribution in [0.1, 0.15) is 22.3 Å². The van der Waals surface area contributed by atoms with Crippen molar-refractivity contribution in [1.82, 2.24) is 52.3 Å². The van der Waals surface area contributed by atoms with Crippen LogP contribution < -0.4 is 0 Å². The highest BCUT2D eigenvalue weighted by molar-refractivity contribution is 6.15. The molecule has 16 nitrogen and oxygen atoms in total. The molecule has 0 aliphatic heterocycles. The van der Waals surface area contributed by atoms with Crippen LogP contribution in [-0.4, -0.2) is 52.3 Å². The van der Waals surface area contributed by atoms with Gasteiger partial charge in [-0.2, -0.15) is 21.0 Å². The van der Waals surface area contributed by atoms with Gasteiger partial charge in [0.1, 0.15) is 34.9 Å². The second-order valence-electron chi connectivity index (χ2n) is 35.0. The first-order valence-corrected chi connectivity index (χ1v) is 46.6. The van der Waals surface area contributed by atoms with Crippen molar-refractivity contribution in [3.05, 3.63) is 483 Å². The molecule has 0 fully saturated rings. The Bertz CT molecular complexity index is 9520. The van der Waals surface area contributed by atoms with Gasteiger partial charge in [0, 0.05) is 86.9 Å². The molecule has 0 amide bonds. The lowest BCUT2D eigenvalue weighted by Crippen LogP contribution is -2.04. The predicted octanol–water partition coefficient (Wildman–Crippen LogP) is 30.7. The molecular formula is C126H74N16. The van der Waals surface area contributed by atoms with E-state index < -0.39 is 0 Å². The van der Waals surface area contributed by atoms with Crippen LogP contribution in [0, 0.1) is 51.9 Å². The highest BCUT2D eigenvalue weighted by Crippen LogP contribution is 2.44. The molecule has 0 spiro atoms. The van der Waals surface area contributed by atoms with Crippen LogP contribution in [0.25, 0.3) is 238 Å². The minimum Gasteiger partial charge on any atom is -0.294 e. The van der Waals surface area contributed by atoms with Crippen LogP contribution in [0.15, 0.2) is 449 Å². The fourth-order valence-corrected chi connectivity index (χ4v) is 20.6. The van der Waals surface area contributed by atoms with E-state index in [1.807, 2.05) is 146 Å². The molecule has 142 heavy (non-hydrogen) atoms. The van der Waals surface area contributed by atoms with Gasteiger partial charge in [-0.15, -0.1) is 0 Å². The highest BCUT2D eigenvalue weighted by atomic mass is 15.2. The number of para-hydroxylation sites is 11. The van der Waals surface area contributed by atoms with Crippen LogP contribution >= 0.6 is 0 Å². The van der Waals surface area contributed by atoms with E-state index in [2.05, 4.69) is 360 Å². The van der Waals surface area contributed by atoms with Crippen molar-refractivity contribution in [1.29, 1.82) is 21.0 Å². The zero-order valence-corrected chi connectivity index (χ0v) is 75.9. The molecule has 27 rings (SSSR count). The zero-order chi connectivity index (χ0) is 95.0. The maximum Gasteiger partial charge on any atom is 0.196 e. The molecule has 11 aromatic heterocycles. The SMILES string of the molecule is N#Cc1ccc(-c2cccc(-c3cc(-n4c5ccccc5c5ccccc54)nc(-n4c5ccc(C#N)cc5c5cc(C#N)ccc54)c3)c2)cc1.N#Cc1cccc(-c2cccc(-c3cc(-n4c5ccccc5c5ccccc54)nc(-n4c5ccccc5c5ccccc54)c3)n2)c1.[C-]#[N+]c1ccccc1-c1cccc(-c2cc(-n3c4ccccc4c4ccccc43)nc(-n3c4ccccc4c4ccccc43)c2)n1. The minimum atomic E-state index is 0.547. The number of pyridine rings is 5. The summed E-state index contributed by atoms with van der Waals surface area (Å²) in [5, 5.41) is 51.9. The smallest absolute Gasteiger partial charge is 0.196 e. The molecule has 11 heterocycles. The van der Waals surface area contributed by atoms with Gasteiger partial charge in [-0.1, -0.05) is 261 Å². The number of nitrogens with zero attached hydrogens (tertiary/aromatic N) is 16. The lowest BCUT2D eigenvalue weighted by Gasteiger charge is -2.15. The molecule has 16 heteroatoms. The van der Waals surface area contributed by atoms with Gasteiger partial charge in [0.15, 0.2) is 5.69 Å². The van der Waals surface area contributed by atoms with Crippen molar-refractivity contribution in [3.63, 3.8) is 0 Å². The number of hydrogen-bond acceptors (Lipinski definition) is 9. The fraction of sp³-hybridized carbons (Fsp3) is 0. The van der Waals surface area contributed by atoms with E-state index in [4.69, 9.17) is 31.5 Å². The Labute approximate surface area is 813 Å². The lowest BCUT2D eigenvalue weighted by molar-refractivity contribution is 1.01. The zero-order valence-electron chi connectivity index (χ0n) is 75.9. The Kier molecular flexibility index (Phi) is 20.4. The fourth-order valence-electron chi connectivity index (χ4n) is 20.6. The van der Waals surface area contributed by atoms with E-state index in [9.17, 15) is 21.0 Å². The maximum absolute atomic E-state index is 9.76. The van der Waals surface area contributed by atoms with E-state index in [1.165, 1.54) is 43.1 Å². The lowest BCUT2D eigenvalue weighted by atomic mass is 9.98. The van der Waals surface area contributed by atoms with Gasteiger partial charge < -0.3 is 0 Å². The Morgan fingerprint density at radius 1 is 0.176 bits per heavy atom. The van der Waals surface area contributed by atoms with Crippen molar-refractivity contribution >= 4 is 137 Å². The number of rotatable bonds is 12. The molecule has 0 atom stereocenters. The minimum absolute atomic E-state index is 0.547. The molecule has 16 aromatic carbocycles. The standard InChI is InChI=1S/C44H24N6.2C41H25N5/c45-25-28-12-16-31(17-13-28)32-6-5-7-33(22-32)34-23-43(49-39-10-3-1-8-35(39)36-9-2-4-11-40(36)49)48-44(24-34)50-41-18-14-29(26-46)20-37(41)38-21-30(27-47)15-19-42(38)50;1-42-34-18-7-2-17-32(34)35-20-12-19-33(43-35)27-25-40(45-36-21-8-3-13-28(36)29-14-4-9-22-37(29)45)44-41(26-27)46-38-23-10-5-15-30(38)31-16-6-11-24-39(31)46;42-26-27-11-9-12-28(23-27)34-17-10-18-35(43-34)29-24-40(45-36-19-5-1-13-30(36)31-14-2-6-20-37(31)45)44-41(25-29)46-38-21-7-3-15-32(38)33-16-4-8-22-39(33)46/h1-24H;2-26H;1-25H. The third kappa shape index (κ3) is 14.3. The van der Waals surface area contributed by atoms with Gasteiger partial charge in [0.2, 0.25) is 0 Å². The Balaban J connectivity index is 0.000000112. The Morgan fingerprint density at radius 2 is 0.430 bits per heavy atom. The van der Waals surface area contributed by atoms with E-state index >= 15 is 0 Å². The van der Waals surface area contributed by atoms with Crippen LogP contribution in [0.2, 0.25) is 0 Å². The van der Waals surface area contributed by atoms with Crippen molar-refractivity contribution < 1.29 is 0 Å². The van der Waals surface area contributed by atoms with E-state index in [1.54, 1.807) is 0 Å². The summed E-state index contributed by atoms with van der Waals surface area (Å²) in [4.78, 5) is 30.2. The van der Waals surface area contributed by atoms with Gasteiger partial charge in [-0.3, -0.25) is 27.4 Å². The molecular weight excluding hydrogens is 1740 g/mol. The number of nitriles is 4. The summed E-state index contributed by atoms with van der Waals surface area (Å²) in [6.45, 7) is 7.72. The summed E-state index contributed by atoms with van der Waals surface area (Å²) in [6, 6.07) is 161. The third-order valence-electron chi connectivity index (χ3n) is 26.9. The Hall–Kier alpha value is -20.5. The van der Waals surface area contributed by atoms with Crippen molar-refractivity contribution in [2.24, 2.45) is 0 Å². The topological polar surface area (TPSA) is 194 Å². The molecule has 0 unspecified atom stereocenters. The summed E-state index contributed by atoms with van der Waals surface area (Å²) in [6.07, 6.45) is 0. The van der Waals surface area contributed by atoms with Gasteiger partial charge in [-0.05, 0) is 210 Å². The molecule has 0 aliphatic carbocycles. The maximum atomic E-state index is 9.76. The molecule has 27 aromatic rings. The number of hydrogen-bond donors (Lipinski definition) is 0. The molecule has 658 valence electrons. The molecule has 0 radical (unpaired) electrons. The average molecular weight is 1810 g/mol. The first-order valence-electron chi connectivity index (χ1n) is 46.6. The normalized spacial score (nSPS) is 11.3. The van der Waals surface area contributed by atoms with Crippen LogP contribution in [0.3, 0.4) is 0 Å². The average Bonchev–Trinajstić information content (AvgIpc) is 1.58. The van der Waals surface area contributed by atoms with Crippen molar-refractivity contribution in [2.75, 3.05) is 0 Å². The van der Waals surface area contributed by atoms with E-state index in [-0.39, 0.29) is 0 Å². The monoisotopic (exact) mass is 1810 g/mol. The second-order valence-corrected chi connectivity index (χ2v) is 35.0. The summed E-state index contributed by atoms with van der Waals surface area (Å²) < 4.78 is 13.4. The summed E-state index contributed by atoms with van der Waals surface area (Å²) >= 11 is 0. The van der Waals surface area contributed by atoms with Crippen molar-refractivity contribution in [2.45, 2.75) is 0 Å². The molecule has 0 aliphatic rings. The molecule has 0 saturated carbocycles. The van der Waals surface area contributed by atoms with Crippen molar-refractivity contribution in [3.8, 4) is 126 Å². The molecule has 0 N–H and O–H groups in total. The quantitative estimate of drug-likeness (QED) is 0.107. The second kappa shape index (κ2) is 34.8. The van der Waals surface area contributed by atoms with Crippen LogP contribution in [-0.2, 0) is 0 Å². The van der Waals surface area contributed by atoms with Crippen LogP contribution in [0.5, 0.6) is 0 Å². The van der Waals surface area contributed by atoms with Crippen LogP contribution in [0.4, 0.5) is 5.69 Å². The Morgan fingerprint density at radius 3 is 0.768 bits per heavy atom. The summed E-state index contributed by atoms with van der Waals surface area (Å²) in [5.74, 6) is 4.70. The first-order chi connectivity index (χ1) is 70.2. The van der Waals surface area contributed by atoms with E-state index in [0.29, 0.717) is 33.8 Å². The van der Waals surface area contributed by atoms with Gasteiger partial charge >= 0.3 is 0 Å². The third-order valence-corrected chi connectivity index (χ3v) is 26.9. The number of benzene rings is 16.